The zero-order chi connectivity index (χ0) is 29.0. The van der Waals surface area contributed by atoms with Crippen LogP contribution in [0, 0.1) is 5.82 Å². The van der Waals surface area contributed by atoms with Crippen LogP contribution < -0.4 is 9.47 Å². The third kappa shape index (κ3) is 5.67. The highest BCUT2D eigenvalue weighted by molar-refractivity contribution is 5.87. The van der Waals surface area contributed by atoms with E-state index >= 15 is 0 Å². The predicted octanol–water partition coefficient (Wildman–Crippen LogP) is 7.03. The van der Waals surface area contributed by atoms with Crippen LogP contribution in [-0.2, 0) is 5.60 Å². The first kappa shape index (κ1) is 28.3. The molecule has 0 bridgehead atoms. The molecule has 0 spiro atoms. The Balaban J connectivity index is 1.84. The SMILES string of the molecule is COc1nc(OC)c(C(c2ccccc2)C(O)(CCN(C)C)c2cccc3ccccc23)cc1-c1ccc(F)cc1. The minimum Gasteiger partial charge on any atom is -0.481 e. The number of nitrogens with zero attached hydrogens (tertiary/aromatic N) is 2. The van der Waals surface area contributed by atoms with Gasteiger partial charge in [0, 0.05) is 23.6 Å². The molecule has 41 heavy (non-hydrogen) atoms. The van der Waals surface area contributed by atoms with E-state index in [1.165, 1.54) is 12.1 Å². The maximum absolute atomic E-state index is 13.9. The van der Waals surface area contributed by atoms with E-state index in [0.29, 0.717) is 35.9 Å². The Labute approximate surface area is 240 Å². The number of pyridine rings is 1. The number of hydrogen-bond donors (Lipinski definition) is 1. The zero-order valence-corrected chi connectivity index (χ0v) is 23.8. The molecule has 210 valence electrons. The van der Waals surface area contributed by atoms with Crippen molar-refractivity contribution in [2.45, 2.75) is 17.9 Å². The summed E-state index contributed by atoms with van der Waals surface area (Å²) < 4.78 is 25.4. The third-order valence-electron chi connectivity index (χ3n) is 7.64. The first-order chi connectivity index (χ1) is 19.9. The van der Waals surface area contributed by atoms with E-state index in [2.05, 4.69) is 23.1 Å². The number of fused-ring (bicyclic) bond motifs is 1. The lowest BCUT2D eigenvalue weighted by molar-refractivity contribution is 0.00513. The third-order valence-corrected chi connectivity index (χ3v) is 7.64. The lowest BCUT2D eigenvalue weighted by Gasteiger charge is -2.39. The molecule has 5 rings (SSSR count). The van der Waals surface area contributed by atoms with Crippen molar-refractivity contribution in [1.82, 2.24) is 9.88 Å². The molecule has 6 heteroatoms. The summed E-state index contributed by atoms with van der Waals surface area (Å²) in [5, 5.41) is 15.2. The van der Waals surface area contributed by atoms with Gasteiger partial charge in [-0.25, -0.2) is 4.39 Å². The molecule has 0 amide bonds. The molecule has 0 aliphatic heterocycles. The van der Waals surface area contributed by atoms with Gasteiger partial charge >= 0.3 is 0 Å². The lowest BCUT2D eigenvalue weighted by Crippen LogP contribution is -2.38. The molecule has 4 aromatic carbocycles. The number of rotatable bonds is 10. The molecule has 0 radical (unpaired) electrons. The monoisotopic (exact) mass is 550 g/mol. The van der Waals surface area contributed by atoms with Crippen molar-refractivity contribution in [2.75, 3.05) is 34.9 Å². The van der Waals surface area contributed by atoms with E-state index in [1.807, 2.05) is 74.8 Å². The first-order valence-corrected chi connectivity index (χ1v) is 13.6. The van der Waals surface area contributed by atoms with Gasteiger partial charge in [-0.1, -0.05) is 84.9 Å². The van der Waals surface area contributed by atoms with Crippen LogP contribution >= 0.6 is 0 Å². The average molecular weight is 551 g/mol. The quantitative estimate of drug-likeness (QED) is 0.202. The number of halogens is 1. The Kier molecular flexibility index (Phi) is 8.34. The van der Waals surface area contributed by atoms with Crippen LogP contribution in [0.15, 0.2) is 103 Å². The van der Waals surface area contributed by atoms with Crippen molar-refractivity contribution in [3.63, 3.8) is 0 Å². The summed E-state index contributed by atoms with van der Waals surface area (Å²) >= 11 is 0. The fourth-order valence-electron chi connectivity index (χ4n) is 5.65. The minimum atomic E-state index is -1.36. The summed E-state index contributed by atoms with van der Waals surface area (Å²) in [6, 6.07) is 32.3. The molecule has 2 unspecified atom stereocenters. The minimum absolute atomic E-state index is 0.328. The average Bonchev–Trinajstić information content (AvgIpc) is 3.00. The zero-order valence-electron chi connectivity index (χ0n) is 23.8. The highest BCUT2D eigenvalue weighted by atomic mass is 19.1. The van der Waals surface area contributed by atoms with E-state index in [4.69, 9.17) is 14.5 Å². The van der Waals surface area contributed by atoms with Crippen LogP contribution in [0.2, 0.25) is 0 Å². The van der Waals surface area contributed by atoms with Gasteiger partial charge in [0.05, 0.1) is 14.2 Å². The molecule has 5 aromatic rings. The molecule has 5 nitrogen and oxygen atoms in total. The normalized spacial score (nSPS) is 13.6. The summed E-state index contributed by atoms with van der Waals surface area (Å²) in [4.78, 5) is 6.83. The van der Waals surface area contributed by atoms with Gasteiger partial charge in [-0.3, -0.25) is 0 Å². The maximum Gasteiger partial charge on any atom is 0.224 e. The number of benzene rings is 4. The van der Waals surface area contributed by atoms with Crippen LogP contribution in [0.5, 0.6) is 11.8 Å². The molecular weight excluding hydrogens is 515 g/mol. The molecule has 0 saturated carbocycles. The summed E-state index contributed by atoms with van der Waals surface area (Å²) in [6.45, 7) is 0.639. The van der Waals surface area contributed by atoms with Gasteiger partial charge in [-0.15, -0.1) is 0 Å². The second-order valence-corrected chi connectivity index (χ2v) is 10.5. The molecule has 0 fully saturated rings. The van der Waals surface area contributed by atoms with Crippen molar-refractivity contribution < 1.29 is 19.0 Å². The number of hydrogen-bond acceptors (Lipinski definition) is 5. The molecule has 1 heterocycles. The number of aliphatic hydroxyl groups is 1. The van der Waals surface area contributed by atoms with Crippen LogP contribution in [0.25, 0.3) is 21.9 Å². The Bertz CT molecular complexity index is 1620. The Morgan fingerprint density at radius 1 is 0.829 bits per heavy atom. The van der Waals surface area contributed by atoms with Crippen molar-refractivity contribution in [3.8, 4) is 22.9 Å². The van der Waals surface area contributed by atoms with Crippen LogP contribution in [0.4, 0.5) is 4.39 Å². The highest BCUT2D eigenvalue weighted by Crippen LogP contribution is 2.50. The van der Waals surface area contributed by atoms with Crippen molar-refractivity contribution in [3.05, 3.63) is 126 Å². The molecule has 0 saturated heterocycles. The second-order valence-electron chi connectivity index (χ2n) is 10.5. The van der Waals surface area contributed by atoms with Crippen LogP contribution in [-0.4, -0.2) is 49.9 Å². The fraction of sp³-hybridized carbons (Fsp3) is 0.229. The largest absolute Gasteiger partial charge is 0.481 e. The second kappa shape index (κ2) is 12.1. The highest BCUT2D eigenvalue weighted by Gasteiger charge is 2.43. The number of methoxy groups -OCH3 is 2. The summed E-state index contributed by atoms with van der Waals surface area (Å²) in [6.07, 6.45) is 0.439. The van der Waals surface area contributed by atoms with Gasteiger partial charge in [0.1, 0.15) is 11.4 Å². The molecule has 0 aliphatic carbocycles. The van der Waals surface area contributed by atoms with Crippen molar-refractivity contribution in [1.29, 1.82) is 0 Å². The number of aromatic nitrogens is 1. The van der Waals surface area contributed by atoms with Crippen LogP contribution in [0.3, 0.4) is 0 Å². The summed E-state index contributed by atoms with van der Waals surface area (Å²) in [5.74, 6) is -0.191. The fourth-order valence-corrected chi connectivity index (χ4v) is 5.65. The van der Waals surface area contributed by atoms with Gasteiger partial charge in [0.15, 0.2) is 0 Å². The summed E-state index contributed by atoms with van der Waals surface area (Å²) in [5.41, 5.74) is 2.50. The van der Waals surface area contributed by atoms with Gasteiger partial charge in [-0.05, 0) is 66.2 Å². The van der Waals surface area contributed by atoms with Gasteiger partial charge in [0.2, 0.25) is 11.8 Å². The van der Waals surface area contributed by atoms with Crippen LogP contribution in [0.1, 0.15) is 29.0 Å². The van der Waals surface area contributed by atoms with E-state index in [0.717, 1.165) is 27.5 Å². The van der Waals surface area contributed by atoms with E-state index in [-0.39, 0.29) is 5.82 Å². The Morgan fingerprint density at radius 3 is 2.17 bits per heavy atom. The molecule has 2 atom stereocenters. The van der Waals surface area contributed by atoms with E-state index in [9.17, 15) is 9.50 Å². The van der Waals surface area contributed by atoms with E-state index in [1.54, 1.807) is 26.4 Å². The Morgan fingerprint density at radius 2 is 1.49 bits per heavy atom. The van der Waals surface area contributed by atoms with Gasteiger partial charge in [0.25, 0.3) is 0 Å². The summed E-state index contributed by atoms with van der Waals surface area (Å²) in [7, 11) is 7.13. The molecular formula is C35H35FN2O3. The Hall–Kier alpha value is -4.26. The molecule has 1 aromatic heterocycles. The molecule has 1 N–H and O–H groups in total. The van der Waals surface area contributed by atoms with Crippen molar-refractivity contribution >= 4 is 10.8 Å². The smallest absolute Gasteiger partial charge is 0.224 e. The maximum atomic E-state index is 13.9. The number of ether oxygens (including phenoxy) is 2. The lowest BCUT2D eigenvalue weighted by atomic mass is 9.70. The molecule has 0 aliphatic rings. The standard InChI is InChI=1S/C35H35FN2O3/c1-38(2)22-21-35(39,31-16-10-14-24-11-8-9-15-28(24)31)32(26-12-6-5-7-13-26)30-23-29(25-17-19-27(36)20-18-25)33(40-3)37-34(30)41-4/h5-20,23,32,39H,21-22H2,1-4H3. The predicted molar refractivity (Wildman–Crippen MR) is 162 cm³/mol. The van der Waals surface area contributed by atoms with Gasteiger partial charge in [-0.2, -0.15) is 4.98 Å². The first-order valence-electron chi connectivity index (χ1n) is 13.6. The topological polar surface area (TPSA) is 54.8 Å². The van der Waals surface area contributed by atoms with Crippen molar-refractivity contribution in [2.24, 2.45) is 0 Å². The van der Waals surface area contributed by atoms with Gasteiger partial charge < -0.3 is 19.5 Å². The van der Waals surface area contributed by atoms with E-state index < -0.39 is 11.5 Å².